The lowest BCUT2D eigenvalue weighted by molar-refractivity contribution is 0.100. The quantitative estimate of drug-likeness (QED) is 0.844. The van der Waals surface area contributed by atoms with Crippen molar-refractivity contribution >= 4 is 44.9 Å². The summed E-state index contributed by atoms with van der Waals surface area (Å²) in [5, 5.41) is 3.45. The van der Waals surface area contributed by atoms with Crippen LogP contribution in [0.4, 0.5) is 16.2 Å². The molecule has 0 atom stereocenters. The number of allylic oxidation sites excluding steroid dienone is 4. The molecule has 6 nitrogen and oxygen atoms in total. The number of aromatic nitrogens is 1. The SMILES string of the molecule is C=C/C(=C\C=C/C)N1C(=O)Nc2c(C(N)=O)sc3nccc1c23. The molecule has 23 heavy (non-hydrogen) atoms. The number of nitrogens with zero attached hydrogens (tertiary/aromatic N) is 2. The predicted molar refractivity (Wildman–Crippen MR) is 92.7 cm³/mol. The molecule has 2 aromatic heterocycles. The van der Waals surface area contributed by atoms with E-state index in [1.54, 1.807) is 24.4 Å². The number of nitrogens with one attached hydrogen (secondary N) is 1. The maximum absolute atomic E-state index is 12.6. The van der Waals surface area contributed by atoms with Crippen LogP contribution in [0.1, 0.15) is 16.6 Å². The van der Waals surface area contributed by atoms with E-state index in [1.807, 2.05) is 19.1 Å². The van der Waals surface area contributed by atoms with Gasteiger partial charge >= 0.3 is 6.03 Å². The summed E-state index contributed by atoms with van der Waals surface area (Å²) in [5.74, 6) is -0.587. The van der Waals surface area contributed by atoms with E-state index in [2.05, 4.69) is 16.9 Å². The maximum Gasteiger partial charge on any atom is 0.331 e. The Hall–Kier alpha value is -2.93. The van der Waals surface area contributed by atoms with E-state index in [9.17, 15) is 9.59 Å². The minimum Gasteiger partial charge on any atom is -0.365 e. The van der Waals surface area contributed by atoms with Crippen molar-refractivity contribution in [3.8, 4) is 0 Å². The monoisotopic (exact) mass is 326 g/mol. The second-order valence-corrected chi connectivity index (χ2v) is 5.77. The molecule has 116 valence electrons. The number of anilines is 2. The molecule has 2 aromatic rings. The van der Waals surface area contributed by atoms with Gasteiger partial charge < -0.3 is 11.1 Å². The number of amides is 3. The summed E-state index contributed by atoms with van der Waals surface area (Å²) in [5.41, 5.74) is 7.09. The Labute approximate surface area is 136 Å². The van der Waals surface area contributed by atoms with Crippen molar-refractivity contribution in [3.05, 3.63) is 53.7 Å². The molecular formula is C16H14N4O2S. The van der Waals surface area contributed by atoms with Gasteiger partial charge in [0.15, 0.2) is 0 Å². The fraction of sp³-hybridized carbons (Fsp3) is 0.0625. The third kappa shape index (κ3) is 2.31. The van der Waals surface area contributed by atoms with E-state index in [4.69, 9.17) is 5.73 Å². The number of nitrogens with two attached hydrogens (primary N) is 1. The summed E-state index contributed by atoms with van der Waals surface area (Å²) in [6.07, 6.45) is 8.66. The molecule has 0 aromatic carbocycles. The molecule has 0 radical (unpaired) electrons. The normalized spacial score (nSPS) is 14.4. The van der Waals surface area contributed by atoms with Gasteiger partial charge in [0.05, 0.1) is 22.5 Å². The van der Waals surface area contributed by atoms with Crippen molar-refractivity contribution in [2.24, 2.45) is 5.73 Å². The van der Waals surface area contributed by atoms with E-state index >= 15 is 0 Å². The zero-order valence-electron chi connectivity index (χ0n) is 12.4. The second kappa shape index (κ2) is 5.69. The molecule has 3 amide bonds. The standard InChI is InChI=1S/C16H14N4O2S/c1-3-5-6-9(4-2)20-10-7-8-18-15-11(10)12(19-16(20)22)13(23-15)14(17)21/h3-8H,2H2,1H3,(H2,17,21)(H,19,22)/b5-3-,9-6+. The number of rotatable bonds is 4. The van der Waals surface area contributed by atoms with Crippen LogP contribution in [0.25, 0.3) is 10.2 Å². The number of primary amides is 1. The number of carbonyl (C=O) groups is 2. The van der Waals surface area contributed by atoms with Crippen molar-refractivity contribution in [2.75, 3.05) is 10.2 Å². The van der Waals surface area contributed by atoms with Crippen molar-refractivity contribution in [1.82, 2.24) is 4.98 Å². The molecule has 0 spiro atoms. The minimum atomic E-state index is -0.587. The molecule has 3 heterocycles. The molecule has 1 aliphatic rings. The summed E-state index contributed by atoms with van der Waals surface area (Å²) in [6, 6.07) is 1.36. The summed E-state index contributed by atoms with van der Waals surface area (Å²) in [4.78, 5) is 30.9. The third-order valence-corrected chi connectivity index (χ3v) is 4.51. The molecule has 0 aliphatic carbocycles. The van der Waals surface area contributed by atoms with Gasteiger partial charge in [0.25, 0.3) is 5.91 Å². The topological polar surface area (TPSA) is 88.3 Å². The molecule has 3 rings (SSSR count). The second-order valence-electron chi connectivity index (χ2n) is 4.77. The highest BCUT2D eigenvalue weighted by molar-refractivity contribution is 7.21. The minimum absolute atomic E-state index is 0.297. The van der Waals surface area contributed by atoms with Crippen LogP contribution in [0.3, 0.4) is 0 Å². The summed E-state index contributed by atoms with van der Waals surface area (Å²) >= 11 is 1.17. The maximum atomic E-state index is 12.6. The highest BCUT2D eigenvalue weighted by atomic mass is 32.1. The zero-order chi connectivity index (χ0) is 16.6. The molecule has 0 saturated heterocycles. The van der Waals surface area contributed by atoms with E-state index in [1.165, 1.54) is 16.2 Å². The van der Waals surface area contributed by atoms with E-state index in [0.717, 1.165) is 0 Å². The van der Waals surface area contributed by atoms with E-state index in [0.29, 0.717) is 32.2 Å². The lowest BCUT2D eigenvalue weighted by atomic mass is 10.1. The first-order valence-electron chi connectivity index (χ1n) is 6.86. The van der Waals surface area contributed by atoms with Crippen molar-refractivity contribution in [1.29, 1.82) is 0 Å². The largest absolute Gasteiger partial charge is 0.365 e. The molecule has 3 N–H and O–H groups in total. The molecule has 0 bridgehead atoms. The van der Waals surface area contributed by atoms with E-state index < -0.39 is 5.91 Å². The van der Waals surface area contributed by atoms with Crippen LogP contribution in [0.15, 0.2) is 48.8 Å². The van der Waals surface area contributed by atoms with Crippen LogP contribution < -0.4 is 16.0 Å². The molecule has 0 fully saturated rings. The van der Waals surface area contributed by atoms with Gasteiger partial charge in [0.2, 0.25) is 0 Å². The molecule has 7 heteroatoms. The van der Waals surface area contributed by atoms with Gasteiger partial charge in [-0.15, -0.1) is 11.3 Å². The summed E-state index contributed by atoms with van der Waals surface area (Å²) in [7, 11) is 0. The lowest BCUT2D eigenvalue weighted by Crippen LogP contribution is -2.37. The number of thiophene rings is 1. The Kier molecular flexibility index (Phi) is 3.71. The average Bonchev–Trinajstić information content (AvgIpc) is 2.90. The van der Waals surface area contributed by atoms with Crippen LogP contribution in [0.5, 0.6) is 0 Å². The van der Waals surface area contributed by atoms with Gasteiger partial charge in [-0.25, -0.2) is 9.78 Å². The van der Waals surface area contributed by atoms with Gasteiger partial charge in [0, 0.05) is 6.20 Å². The number of carbonyl (C=O) groups excluding carboxylic acids is 2. The van der Waals surface area contributed by atoms with Gasteiger partial charge in [-0.3, -0.25) is 9.69 Å². The van der Waals surface area contributed by atoms with Crippen molar-refractivity contribution in [3.63, 3.8) is 0 Å². The number of hydrogen-bond acceptors (Lipinski definition) is 4. The van der Waals surface area contributed by atoms with Crippen LogP contribution in [-0.2, 0) is 0 Å². The average molecular weight is 326 g/mol. The first-order valence-corrected chi connectivity index (χ1v) is 7.68. The number of hydrogen-bond donors (Lipinski definition) is 2. The van der Waals surface area contributed by atoms with Crippen LogP contribution in [-0.4, -0.2) is 16.9 Å². The van der Waals surface area contributed by atoms with Gasteiger partial charge in [-0.1, -0.05) is 18.7 Å². The zero-order valence-corrected chi connectivity index (χ0v) is 13.2. The predicted octanol–water partition coefficient (Wildman–Crippen LogP) is 3.39. The third-order valence-electron chi connectivity index (χ3n) is 3.40. The summed E-state index contributed by atoms with van der Waals surface area (Å²) < 4.78 is 0. The van der Waals surface area contributed by atoms with Crippen LogP contribution in [0.2, 0.25) is 0 Å². The van der Waals surface area contributed by atoms with Crippen molar-refractivity contribution in [2.45, 2.75) is 6.92 Å². The molecule has 0 saturated carbocycles. The highest BCUT2D eigenvalue weighted by Crippen LogP contribution is 2.44. The fourth-order valence-corrected chi connectivity index (χ4v) is 3.41. The molecular weight excluding hydrogens is 312 g/mol. The van der Waals surface area contributed by atoms with Crippen molar-refractivity contribution < 1.29 is 9.59 Å². The van der Waals surface area contributed by atoms with Crippen LogP contribution >= 0.6 is 11.3 Å². The first kappa shape index (κ1) is 15.0. The van der Waals surface area contributed by atoms with E-state index in [-0.39, 0.29) is 6.03 Å². The Bertz CT molecular complexity index is 895. The van der Waals surface area contributed by atoms with Gasteiger partial charge in [-0.2, -0.15) is 0 Å². The fourth-order valence-electron chi connectivity index (χ4n) is 2.44. The Balaban J connectivity index is 2.29. The first-order chi connectivity index (χ1) is 11.1. The number of pyridine rings is 1. The van der Waals surface area contributed by atoms with Crippen LogP contribution in [0, 0.1) is 0 Å². The smallest absolute Gasteiger partial charge is 0.331 e. The Morgan fingerprint density at radius 1 is 1.52 bits per heavy atom. The molecule has 1 aliphatic heterocycles. The summed E-state index contributed by atoms with van der Waals surface area (Å²) in [6.45, 7) is 5.65. The number of urea groups is 1. The lowest BCUT2D eigenvalue weighted by Gasteiger charge is -2.28. The highest BCUT2D eigenvalue weighted by Gasteiger charge is 2.32. The Morgan fingerprint density at radius 3 is 2.96 bits per heavy atom. The van der Waals surface area contributed by atoms with Gasteiger partial charge in [0.1, 0.15) is 9.71 Å². The van der Waals surface area contributed by atoms with Gasteiger partial charge in [-0.05, 0) is 25.1 Å². The molecule has 0 unspecified atom stereocenters. The Morgan fingerprint density at radius 2 is 2.30 bits per heavy atom.